The van der Waals surface area contributed by atoms with E-state index in [2.05, 4.69) is 22.2 Å². The molecular formula is C14H23N3O2. The Balaban J connectivity index is 2.01. The predicted molar refractivity (Wildman–Crippen MR) is 74.7 cm³/mol. The Kier molecular flexibility index (Phi) is 4.99. The molecule has 1 aliphatic heterocycles. The van der Waals surface area contributed by atoms with Crippen LogP contribution < -0.4 is 14.8 Å². The predicted octanol–water partition coefficient (Wildman–Crippen LogP) is 1.28. The van der Waals surface area contributed by atoms with Gasteiger partial charge in [-0.25, -0.2) is 0 Å². The highest BCUT2D eigenvalue weighted by Gasteiger charge is 2.18. The zero-order chi connectivity index (χ0) is 13.7. The molecule has 2 heterocycles. The van der Waals surface area contributed by atoms with Crippen molar-refractivity contribution in [3.8, 4) is 11.5 Å². The molecule has 1 saturated heterocycles. The Morgan fingerprint density at radius 1 is 1.42 bits per heavy atom. The second kappa shape index (κ2) is 6.73. The first-order valence-electron chi connectivity index (χ1n) is 6.72. The molecule has 1 atom stereocenters. The maximum atomic E-state index is 5.41. The average Bonchev–Trinajstić information content (AvgIpc) is 2.91. The fraction of sp³-hybridized carbons (Fsp3) is 0.643. The van der Waals surface area contributed by atoms with Gasteiger partial charge >= 0.3 is 0 Å². The Morgan fingerprint density at radius 2 is 2.26 bits per heavy atom. The SMILES string of the molecule is COc1ccnc(CN(C)CC2CCCN2)c1OC. The van der Waals surface area contributed by atoms with Crippen LogP contribution in [0.15, 0.2) is 12.3 Å². The van der Waals surface area contributed by atoms with E-state index >= 15 is 0 Å². The van der Waals surface area contributed by atoms with Gasteiger partial charge in [-0.2, -0.15) is 0 Å². The Labute approximate surface area is 114 Å². The summed E-state index contributed by atoms with van der Waals surface area (Å²) in [5.74, 6) is 1.47. The van der Waals surface area contributed by atoms with Crippen molar-refractivity contribution in [3.05, 3.63) is 18.0 Å². The van der Waals surface area contributed by atoms with Gasteiger partial charge in [0.2, 0.25) is 0 Å². The molecule has 1 N–H and O–H groups in total. The van der Waals surface area contributed by atoms with Crippen LogP contribution in [0.5, 0.6) is 11.5 Å². The fourth-order valence-corrected chi connectivity index (χ4v) is 2.57. The van der Waals surface area contributed by atoms with Crippen molar-refractivity contribution in [2.45, 2.75) is 25.4 Å². The van der Waals surface area contributed by atoms with Gasteiger partial charge in [-0.1, -0.05) is 0 Å². The molecule has 19 heavy (non-hydrogen) atoms. The number of rotatable bonds is 6. The van der Waals surface area contributed by atoms with E-state index in [-0.39, 0.29) is 0 Å². The number of hydrogen-bond acceptors (Lipinski definition) is 5. The van der Waals surface area contributed by atoms with Crippen molar-refractivity contribution in [2.75, 3.05) is 34.4 Å². The van der Waals surface area contributed by atoms with Gasteiger partial charge < -0.3 is 14.8 Å². The van der Waals surface area contributed by atoms with Gasteiger partial charge in [0.1, 0.15) is 5.69 Å². The third-order valence-electron chi connectivity index (χ3n) is 3.48. The molecule has 1 aromatic heterocycles. The summed E-state index contributed by atoms with van der Waals surface area (Å²) in [6.45, 7) is 2.93. The molecular weight excluding hydrogens is 242 g/mol. The first-order valence-corrected chi connectivity index (χ1v) is 6.72. The quantitative estimate of drug-likeness (QED) is 0.839. The molecule has 1 fully saturated rings. The van der Waals surface area contributed by atoms with Crippen LogP contribution in [-0.2, 0) is 6.54 Å². The summed E-state index contributed by atoms with van der Waals surface area (Å²) < 4.78 is 10.7. The minimum atomic E-state index is 0.599. The number of pyridine rings is 1. The molecule has 0 spiro atoms. The molecule has 0 aromatic carbocycles. The summed E-state index contributed by atoms with van der Waals surface area (Å²) in [5, 5.41) is 3.51. The van der Waals surface area contributed by atoms with Crippen molar-refractivity contribution in [2.24, 2.45) is 0 Å². The lowest BCUT2D eigenvalue weighted by molar-refractivity contribution is 0.280. The summed E-state index contributed by atoms with van der Waals surface area (Å²) in [7, 11) is 5.41. The number of nitrogens with zero attached hydrogens (tertiary/aromatic N) is 2. The second-order valence-electron chi connectivity index (χ2n) is 4.98. The zero-order valence-corrected chi connectivity index (χ0v) is 12.0. The van der Waals surface area contributed by atoms with E-state index in [1.807, 2.05) is 6.07 Å². The minimum absolute atomic E-state index is 0.599. The summed E-state index contributed by atoms with van der Waals surface area (Å²) >= 11 is 0. The molecule has 5 heteroatoms. The van der Waals surface area contributed by atoms with E-state index in [0.29, 0.717) is 6.04 Å². The van der Waals surface area contributed by atoms with Crippen molar-refractivity contribution in [3.63, 3.8) is 0 Å². The van der Waals surface area contributed by atoms with E-state index in [1.54, 1.807) is 20.4 Å². The van der Waals surface area contributed by atoms with E-state index in [0.717, 1.165) is 36.8 Å². The van der Waals surface area contributed by atoms with E-state index in [1.165, 1.54) is 12.8 Å². The third kappa shape index (κ3) is 3.58. The third-order valence-corrected chi connectivity index (χ3v) is 3.48. The number of methoxy groups -OCH3 is 2. The molecule has 1 aromatic rings. The Bertz CT molecular complexity index is 406. The molecule has 1 aliphatic rings. The smallest absolute Gasteiger partial charge is 0.183 e. The van der Waals surface area contributed by atoms with Crippen molar-refractivity contribution >= 4 is 0 Å². The monoisotopic (exact) mass is 265 g/mol. The lowest BCUT2D eigenvalue weighted by Crippen LogP contribution is -2.35. The Morgan fingerprint density at radius 3 is 2.89 bits per heavy atom. The lowest BCUT2D eigenvalue weighted by atomic mass is 10.2. The minimum Gasteiger partial charge on any atom is -0.493 e. The van der Waals surface area contributed by atoms with Gasteiger partial charge in [-0.3, -0.25) is 9.88 Å². The van der Waals surface area contributed by atoms with E-state index in [9.17, 15) is 0 Å². The molecule has 2 rings (SSSR count). The molecule has 106 valence electrons. The number of hydrogen-bond donors (Lipinski definition) is 1. The standard InChI is InChI=1S/C14H23N3O2/c1-17(9-11-5-4-7-15-11)10-12-14(19-3)13(18-2)6-8-16-12/h6,8,11,15H,4-5,7,9-10H2,1-3H3. The molecule has 0 radical (unpaired) electrons. The number of ether oxygens (including phenoxy) is 2. The maximum Gasteiger partial charge on any atom is 0.183 e. The van der Waals surface area contributed by atoms with E-state index in [4.69, 9.17) is 9.47 Å². The number of nitrogens with one attached hydrogen (secondary N) is 1. The largest absolute Gasteiger partial charge is 0.493 e. The average molecular weight is 265 g/mol. The summed E-state index contributed by atoms with van der Waals surface area (Å²) in [4.78, 5) is 6.68. The fourth-order valence-electron chi connectivity index (χ4n) is 2.57. The maximum absolute atomic E-state index is 5.41. The molecule has 0 saturated carbocycles. The highest BCUT2D eigenvalue weighted by Crippen LogP contribution is 2.29. The number of likely N-dealkylation sites (N-methyl/N-ethyl adjacent to an activating group) is 1. The van der Waals surface area contributed by atoms with Crippen LogP contribution in [0.2, 0.25) is 0 Å². The van der Waals surface area contributed by atoms with Gasteiger partial charge in [0.05, 0.1) is 14.2 Å². The van der Waals surface area contributed by atoms with Gasteiger partial charge in [0, 0.05) is 31.4 Å². The molecule has 0 aliphatic carbocycles. The highest BCUT2D eigenvalue weighted by atomic mass is 16.5. The molecule has 0 amide bonds. The topological polar surface area (TPSA) is 46.6 Å². The molecule has 1 unspecified atom stereocenters. The van der Waals surface area contributed by atoms with Crippen LogP contribution in [0.3, 0.4) is 0 Å². The van der Waals surface area contributed by atoms with E-state index < -0.39 is 0 Å². The molecule has 5 nitrogen and oxygen atoms in total. The van der Waals surface area contributed by atoms with Crippen molar-refractivity contribution < 1.29 is 9.47 Å². The first kappa shape index (κ1) is 14.1. The van der Waals surface area contributed by atoms with Crippen LogP contribution in [-0.4, -0.2) is 50.3 Å². The summed E-state index contributed by atoms with van der Waals surface area (Å²) in [6, 6.07) is 2.42. The first-order chi connectivity index (χ1) is 9.24. The van der Waals surface area contributed by atoms with Crippen LogP contribution in [0, 0.1) is 0 Å². The zero-order valence-electron chi connectivity index (χ0n) is 12.0. The van der Waals surface area contributed by atoms with Gasteiger partial charge in [-0.05, 0) is 26.4 Å². The summed E-state index contributed by atoms with van der Waals surface area (Å²) in [6.07, 6.45) is 4.30. The van der Waals surface area contributed by atoms with Gasteiger partial charge in [0.15, 0.2) is 11.5 Å². The van der Waals surface area contributed by atoms with Crippen molar-refractivity contribution in [1.29, 1.82) is 0 Å². The van der Waals surface area contributed by atoms with Crippen molar-refractivity contribution in [1.82, 2.24) is 15.2 Å². The molecule has 0 bridgehead atoms. The van der Waals surface area contributed by atoms with Gasteiger partial charge in [-0.15, -0.1) is 0 Å². The normalized spacial score (nSPS) is 18.8. The Hall–Kier alpha value is -1.33. The lowest BCUT2D eigenvalue weighted by Gasteiger charge is -2.22. The van der Waals surface area contributed by atoms with Gasteiger partial charge in [0.25, 0.3) is 0 Å². The highest BCUT2D eigenvalue weighted by molar-refractivity contribution is 5.42. The summed E-state index contributed by atoms with van der Waals surface area (Å²) in [5.41, 5.74) is 0.919. The second-order valence-corrected chi connectivity index (χ2v) is 4.98. The number of aromatic nitrogens is 1. The van der Waals surface area contributed by atoms with Crippen LogP contribution >= 0.6 is 0 Å². The van der Waals surface area contributed by atoms with Crippen LogP contribution in [0.4, 0.5) is 0 Å². The van der Waals surface area contributed by atoms with Crippen LogP contribution in [0.1, 0.15) is 18.5 Å². The van der Waals surface area contributed by atoms with Crippen LogP contribution in [0.25, 0.3) is 0 Å².